The number of nitro groups is 2. The predicted octanol–water partition coefficient (Wildman–Crippen LogP) is 9.48. The summed E-state index contributed by atoms with van der Waals surface area (Å²) in [4.78, 5) is 22.3. The van der Waals surface area contributed by atoms with Crippen molar-refractivity contribution in [3.8, 4) is 33.4 Å². The van der Waals surface area contributed by atoms with Gasteiger partial charge in [0.05, 0.1) is 15.3 Å². The molecule has 0 radical (unpaired) electrons. The first kappa shape index (κ1) is 27.8. The van der Waals surface area contributed by atoms with Crippen LogP contribution >= 0.6 is 0 Å². The number of nitro benzene ring substituents is 2. The van der Waals surface area contributed by atoms with E-state index in [1.807, 2.05) is 36.4 Å². The number of benzene rings is 6. The largest absolute Gasteiger partial charge is 0.269 e. The van der Waals surface area contributed by atoms with E-state index in [1.54, 1.807) is 48.5 Å². The van der Waals surface area contributed by atoms with Crippen LogP contribution < -0.4 is 0 Å². The molecule has 7 rings (SSSR count). The Bertz CT molecular complexity index is 1960. The summed E-state index contributed by atoms with van der Waals surface area (Å²) in [5, 5.41) is 23.2. The summed E-state index contributed by atoms with van der Waals surface area (Å²) < 4.78 is 27.7. The molecule has 6 aromatic rings. The third-order valence-corrected chi connectivity index (χ3v) is 8.51. The van der Waals surface area contributed by atoms with Crippen molar-refractivity contribution in [1.29, 1.82) is 0 Å². The second-order valence-corrected chi connectivity index (χ2v) is 10.9. The summed E-state index contributed by atoms with van der Waals surface area (Å²) >= 11 is 0. The molecular formula is C37H22F2N2O4. The maximum Gasteiger partial charge on any atom is 0.269 e. The molecule has 6 nitrogen and oxygen atoms in total. The number of halogens is 2. The lowest BCUT2D eigenvalue weighted by Crippen LogP contribution is -2.28. The highest BCUT2D eigenvalue weighted by Crippen LogP contribution is 2.57. The molecule has 0 N–H and O–H groups in total. The third kappa shape index (κ3) is 4.55. The summed E-state index contributed by atoms with van der Waals surface area (Å²) in [5.74, 6) is -0.710. The number of non-ortho nitro benzene ring substituents is 2. The van der Waals surface area contributed by atoms with E-state index < -0.39 is 15.3 Å². The van der Waals surface area contributed by atoms with E-state index in [0.717, 1.165) is 55.6 Å². The van der Waals surface area contributed by atoms with Crippen LogP contribution in [-0.2, 0) is 5.41 Å². The highest BCUT2D eigenvalue weighted by atomic mass is 19.1. The number of nitrogens with zero attached hydrogens (tertiary/aromatic N) is 2. The molecule has 0 bridgehead atoms. The lowest BCUT2D eigenvalue weighted by atomic mass is 9.67. The standard InChI is InChI=1S/C37H22F2N2O4/c38-29-11-1-23(2-12-29)25-5-19-33-34-20-6-26(24-3-13-30(39)14-4-24)22-36(34)37(35(33)21-25,27-7-15-31(16-8-27)40(42)43)28-9-17-32(18-10-28)41(44)45/h1-22H. The van der Waals surface area contributed by atoms with Gasteiger partial charge in [0.15, 0.2) is 0 Å². The average Bonchev–Trinajstić information content (AvgIpc) is 3.35. The Hall–Kier alpha value is -6.02. The first-order valence-corrected chi connectivity index (χ1v) is 14.1. The Balaban J connectivity index is 1.57. The van der Waals surface area contributed by atoms with Gasteiger partial charge in [-0.3, -0.25) is 20.2 Å². The summed E-state index contributed by atoms with van der Waals surface area (Å²) in [6.45, 7) is 0. The van der Waals surface area contributed by atoms with Crippen LogP contribution in [0.3, 0.4) is 0 Å². The molecule has 0 fully saturated rings. The Morgan fingerprint density at radius 2 is 0.778 bits per heavy atom. The van der Waals surface area contributed by atoms with Crippen LogP contribution in [0.25, 0.3) is 33.4 Å². The van der Waals surface area contributed by atoms with Gasteiger partial charge in [-0.2, -0.15) is 0 Å². The van der Waals surface area contributed by atoms with Gasteiger partial charge in [0.2, 0.25) is 0 Å². The molecule has 1 aliphatic rings. The molecule has 0 saturated carbocycles. The van der Waals surface area contributed by atoms with Crippen LogP contribution in [0.2, 0.25) is 0 Å². The van der Waals surface area contributed by atoms with Crippen molar-refractivity contribution >= 4 is 11.4 Å². The van der Waals surface area contributed by atoms with Gasteiger partial charge in [0, 0.05) is 24.3 Å². The quantitative estimate of drug-likeness (QED) is 0.141. The SMILES string of the molecule is O=[N+]([O-])c1ccc(C2(c3ccc([N+](=O)[O-])cc3)c3cc(-c4ccc(F)cc4)ccc3-c3ccc(-c4ccc(F)cc4)cc32)cc1. The fourth-order valence-electron chi connectivity index (χ4n) is 6.42. The van der Waals surface area contributed by atoms with Crippen LogP contribution in [0.5, 0.6) is 0 Å². The van der Waals surface area contributed by atoms with Gasteiger partial charge in [-0.25, -0.2) is 8.78 Å². The van der Waals surface area contributed by atoms with Gasteiger partial charge in [-0.05, 0) is 92.0 Å². The molecule has 0 atom stereocenters. The zero-order valence-corrected chi connectivity index (χ0v) is 23.5. The summed E-state index contributed by atoms with van der Waals surface area (Å²) in [7, 11) is 0. The summed E-state index contributed by atoms with van der Waals surface area (Å²) in [5.41, 5.74) is 7.03. The smallest absolute Gasteiger partial charge is 0.258 e. The van der Waals surface area contributed by atoms with Crippen LogP contribution in [0.4, 0.5) is 20.2 Å². The van der Waals surface area contributed by atoms with E-state index in [-0.39, 0.29) is 23.0 Å². The summed E-state index contributed by atoms with van der Waals surface area (Å²) in [6, 6.07) is 37.0. The second-order valence-electron chi connectivity index (χ2n) is 10.9. The normalized spacial score (nSPS) is 12.8. The van der Waals surface area contributed by atoms with E-state index in [2.05, 4.69) is 0 Å². The molecule has 0 saturated heterocycles. The molecule has 0 aromatic heterocycles. The molecule has 0 aliphatic heterocycles. The topological polar surface area (TPSA) is 86.3 Å². The lowest BCUT2D eigenvalue weighted by molar-refractivity contribution is -0.385. The highest BCUT2D eigenvalue weighted by molar-refractivity contribution is 5.90. The molecule has 8 heteroatoms. The van der Waals surface area contributed by atoms with E-state index in [0.29, 0.717) is 0 Å². The van der Waals surface area contributed by atoms with Gasteiger partial charge in [0.1, 0.15) is 11.6 Å². The maximum absolute atomic E-state index is 13.8. The van der Waals surface area contributed by atoms with Gasteiger partial charge in [-0.15, -0.1) is 0 Å². The Kier molecular flexibility index (Phi) is 6.55. The minimum Gasteiger partial charge on any atom is -0.258 e. The van der Waals surface area contributed by atoms with E-state index in [4.69, 9.17) is 0 Å². The van der Waals surface area contributed by atoms with Crippen LogP contribution in [0.15, 0.2) is 133 Å². The van der Waals surface area contributed by atoms with Gasteiger partial charge in [0.25, 0.3) is 11.4 Å². The van der Waals surface area contributed by atoms with Gasteiger partial charge < -0.3 is 0 Å². The molecule has 0 unspecified atom stereocenters. The number of rotatable bonds is 6. The first-order chi connectivity index (χ1) is 21.8. The van der Waals surface area contributed by atoms with Crippen molar-refractivity contribution in [3.63, 3.8) is 0 Å². The van der Waals surface area contributed by atoms with E-state index >= 15 is 0 Å². The zero-order chi connectivity index (χ0) is 31.3. The first-order valence-electron chi connectivity index (χ1n) is 14.1. The van der Waals surface area contributed by atoms with E-state index in [9.17, 15) is 29.0 Å². The zero-order valence-electron chi connectivity index (χ0n) is 23.5. The molecule has 45 heavy (non-hydrogen) atoms. The average molecular weight is 597 g/mol. The Morgan fingerprint density at radius 3 is 1.11 bits per heavy atom. The fourth-order valence-corrected chi connectivity index (χ4v) is 6.42. The van der Waals surface area contributed by atoms with Gasteiger partial charge >= 0.3 is 0 Å². The highest BCUT2D eigenvalue weighted by Gasteiger charge is 2.47. The number of fused-ring (bicyclic) bond motifs is 3. The van der Waals surface area contributed by atoms with Crippen molar-refractivity contribution in [3.05, 3.63) is 188 Å². The van der Waals surface area contributed by atoms with E-state index in [1.165, 1.54) is 48.5 Å². The molecule has 1 aliphatic carbocycles. The van der Waals surface area contributed by atoms with Crippen molar-refractivity contribution < 1.29 is 18.6 Å². The summed E-state index contributed by atoms with van der Waals surface area (Å²) in [6.07, 6.45) is 0. The molecule has 0 amide bonds. The van der Waals surface area contributed by atoms with Gasteiger partial charge in [-0.1, -0.05) is 72.8 Å². The third-order valence-electron chi connectivity index (χ3n) is 8.51. The van der Waals surface area contributed by atoms with Crippen molar-refractivity contribution in [2.45, 2.75) is 5.41 Å². The maximum atomic E-state index is 13.8. The fraction of sp³-hybridized carbons (Fsp3) is 0.0270. The van der Waals surface area contributed by atoms with Crippen molar-refractivity contribution in [1.82, 2.24) is 0 Å². The predicted molar refractivity (Wildman–Crippen MR) is 168 cm³/mol. The second kappa shape index (κ2) is 10.6. The van der Waals surface area contributed by atoms with Crippen LogP contribution in [-0.4, -0.2) is 9.85 Å². The Morgan fingerprint density at radius 1 is 0.444 bits per heavy atom. The molecule has 218 valence electrons. The minimum atomic E-state index is -1.05. The minimum absolute atomic E-state index is 0.0730. The molecular weight excluding hydrogens is 574 g/mol. The number of hydrogen-bond donors (Lipinski definition) is 0. The van der Waals surface area contributed by atoms with Crippen molar-refractivity contribution in [2.24, 2.45) is 0 Å². The lowest BCUT2D eigenvalue weighted by Gasteiger charge is -2.34. The molecule has 6 aromatic carbocycles. The number of hydrogen-bond acceptors (Lipinski definition) is 4. The van der Waals surface area contributed by atoms with Crippen LogP contribution in [0, 0.1) is 31.9 Å². The Labute approximate surface area is 256 Å². The molecule has 0 spiro atoms. The van der Waals surface area contributed by atoms with Crippen molar-refractivity contribution in [2.75, 3.05) is 0 Å². The van der Waals surface area contributed by atoms with Crippen LogP contribution in [0.1, 0.15) is 22.3 Å². The molecule has 0 heterocycles. The monoisotopic (exact) mass is 596 g/mol.